The number of halogens is 2. The van der Waals surface area contributed by atoms with Crippen molar-refractivity contribution in [3.05, 3.63) is 59.7 Å². The lowest BCUT2D eigenvalue weighted by Crippen LogP contribution is -2.02. The molecule has 0 amide bonds. The Morgan fingerprint density at radius 3 is 2.33 bits per heavy atom. The summed E-state index contributed by atoms with van der Waals surface area (Å²) in [6.45, 7) is 0.576. The first-order valence-electron chi connectivity index (χ1n) is 5.61. The first-order valence-corrected chi connectivity index (χ1v) is 5.61. The Kier molecular flexibility index (Phi) is 3.89. The highest BCUT2D eigenvalue weighted by Gasteiger charge is 2.06. The van der Waals surface area contributed by atoms with Crippen LogP contribution in [-0.4, -0.2) is 6.54 Å². The average Bonchev–Trinajstić information content (AvgIpc) is 2.35. The van der Waals surface area contributed by atoms with Crippen molar-refractivity contribution in [3.63, 3.8) is 0 Å². The van der Waals surface area contributed by atoms with E-state index in [9.17, 15) is 8.78 Å². The van der Waals surface area contributed by atoms with Crippen molar-refractivity contribution in [1.29, 1.82) is 0 Å². The molecule has 0 aliphatic rings. The molecule has 2 rings (SSSR count). The van der Waals surface area contributed by atoms with E-state index in [0.717, 1.165) is 24.1 Å². The molecule has 0 unspecified atom stereocenters. The molecule has 2 nitrogen and oxygen atoms in total. The fourth-order valence-electron chi connectivity index (χ4n) is 1.58. The van der Waals surface area contributed by atoms with E-state index in [1.54, 1.807) is 12.1 Å². The van der Waals surface area contributed by atoms with Crippen LogP contribution in [0, 0.1) is 11.6 Å². The van der Waals surface area contributed by atoms with Crippen LogP contribution in [0.1, 0.15) is 5.56 Å². The number of rotatable bonds is 4. The molecule has 0 heterocycles. The van der Waals surface area contributed by atoms with Crippen molar-refractivity contribution in [2.75, 3.05) is 6.54 Å². The van der Waals surface area contributed by atoms with Gasteiger partial charge in [0, 0.05) is 6.07 Å². The number of hydrogen-bond acceptors (Lipinski definition) is 2. The monoisotopic (exact) mass is 249 g/mol. The molecule has 0 aliphatic heterocycles. The van der Waals surface area contributed by atoms with E-state index in [1.165, 1.54) is 6.07 Å². The minimum atomic E-state index is -0.721. The molecule has 2 N–H and O–H groups in total. The van der Waals surface area contributed by atoms with Crippen LogP contribution in [0.2, 0.25) is 0 Å². The zero-order valence-corrected chi connectivity index (χ0v) is 9.70. The van der Waals surface area contributed by atoms with E-state index < -0.39 is 11.6 Å². The van der Waals surface area contributed by atoms with Crippen molar-refractivity contribution >= 4 is 0 Å². The predicted molar refractivity (Wildman–Crippen MR) is 65.6 cm³/mol. The Hall–Kier alpha value is -1.94. The van der Waals surface area contributed by atoms with Crippen molar-refractivity contribution in [1.82, 2.24) is 0 Å². The number of ether oxygens (including phenoxy) is 1. The lowest BCUT2D eigenvalue weighted by molar-refractivity contribution is 0.437. The zero-order chi connectivity index (χ0) is 13.0. The van der Waals surface area contributed by atoms with E-state index in [2.05, 4.69) is 0 Å². The van der Waals surface area contributed by atoms with Gasteiger partial charge in [-0.25, -0.2) is 8.78 Å². The quantitative estimate of drug-likeness (QED) is 0.902. The Balaban J connectivity index is 2.13. The molecule has 0 spiro atoms. The Morgan fingerprint density at radius 1 is 1.00 bits per heavy atom. The van der Waals surface area contributed by atoms with Gasteiger partial charge in [-0.2, -0.15) is 0 Å². The summed E-state index contributed by atoms with van der Waals surface area (Å²) in [4.78, 5) is 0. The molecule has 0 bridgehead atoms. The van der Waals surface area contributed by atoms with E-state index in [4.69, 9.17) is 10.5 Å². The van der Waals surface area contributed by atoms with E-state index in [0.29, 0.717) is 12.3 Å². The third-order valence-corrected chi connectivity index (χ3v) is 2.48. The number of benzene rings is 2. The maximum absolute atomic E-state index is 13.4. The first-order chi connectivity index (χ1) is 8.69. The highest BCUT2D eigenvalue weighted by Crippen LogP contribution is 2.25. The van der Waals surface area contributed by atoms with Crippen molar-refractivity contribution < 1.29 is 13.5 Å². The van der Waals surface area contributed by atoms with E-state index in [-0.39, 0.29) is 5.75 Å². The molecule has 94 valence electrons. The Bertz CT molecular complexity index is 526. The summed E-state index contributed by atoms with van der Waals surface area (Å²) in [6.07, 6.45) is 0.783. The molecular weight excluding hydrogens is 236 g/mol. The van der Waals surface area contributed by atoms with Crippen LogP contribution in [0.3, 0.4) is 0 Å². The number of nitrogens with two attached hydrogens (primary N) is 1. The second kappa shape index (κ2) is 5.60. The molecule has 0 aromatic heterocycles. The molecule has 0 fully saturated rings. The maximum Gasteiger partial charge on any atom is 0.168 e. The van der Waals surface area contributed by atoms with E-state index in [1.807, 2.05) is 12.1 Å². The van der Waals surface area contributed by atoms with Gasteiger partial charge in [-0.15, -0.1) is 0 Å². The van der Waals surface area contributed by atoms with Crippen LogP contribution in [0.15, 0.2) is 42.5 Å². The van der Waals surface area contributed by atoms with Crippen LogP contribution in [0.4, 0.5) is 8.78 Å². The summed E-state index contributed by atoms with van der Waals surface area (Å²) in [5.41, 5.74) is 6.53. The summed E-state index contributed by atoms with van der Waals surface area (Å²) in [7, 11) is 0. The van der Waals surface area contributed by atoms with Crippen LogP contribution in [0.5, 0.6) is 11.5 Å². The van der Waals surface area contributed by atoms with E-state index >= 15 is 0 Å². The standard InChI is InChI=1S/C14H13F2NO/c15-11-3-6-14(13(16)9-11)18-12-4-1-10(2-5-12)7-8-17/h1-6,9H,7-8,17H2. The highest BCUT2D eigenvalue weighted by atomic mass is 19.1. The first kappa shape index (κ1) is 12.5. The molecule has 4 heteroatoms. The molecule has 2 aromatic rings. The van der Waals surface area contributed by atoms with Gasteiger partial charge in [-0.1, -0.05) is 12.1 Å². The zero-order valence-electron chi connectivity index (χ0n) is 9.70. The normalized spacial score (nSPS) is 10.4. The van der Waals surface area contributed by atoms with Gasteiger partial charge in [0.25, 0.3) is 0 Å². The lowest BCUT2D eigenvalue weighted by Gasteiger charge is -2.07. The van der Waals surface area contributed by atoms with Gasteiger partial charge in [0.05, 0.1) is 0 Å². The Morgan fingerprint density at radius 2 is 1.72 bits per heavy atom. The second-order valence-electron chi connectivity index (χ2n) is 3.86. The molecule has 0 atom stereocenters. The fourth-order valence-corrected chi connectivity index (χ4v) is 1.58. The minimum Gasteiger partial charge on any atom is -0.454 e. The Labute approximate surface area is 104 Å². The summed E-state index contributed by atoms with van der Waals surface area (Å²) < 4.78 is 31.4. The van der Waals surface area contributed by atoms with Gasteiger partial charge in [-0.05, 0) is 42.8 Å². The average molecular weight is 249 g/mol. The van der Waals surface area contributed by atoms with Crippen LogP contribution < -0.4 is 10.5 Å². The SMILES string of the molecule is NCCc1ccc(Oc2ccc(F)cc2F)cc1. The summed E-state index contributed by atoms with van der Waals surface area (Å²) in [5, 5.41) is 0. The van der Waals surface area contributed by atoms with Crippen molar-refractivity contribution in [3.8, 4) is 11.5 Å². The van der Waals surface area contributed by atoms with Gasteiger partial charge < -0.3 is 10.5 Å². The molecule has 2 aromatic carbocycles. The topological polar surface area (TPSA) is 35.2 Å². The summed E-state index contributed by atoms with van der Waals surface area (Å²) in [5.74, 6) is -0.844. The van der Waals surface area contributed by atoms with Crippen molar-refractivity contribution in [2.24, 2.45) is 5.73 Å². The molecule has 0 radical (unpaired) electrons. The van der Waals surface area contributed by atoms with Gasteiger partial charge in [0.1, 0.15) is 11.6 Å². The lowest BCUT2D eigenvalue weighted by atomic mass is 10.1. The summed E-state index contributed by atoms with van der Waals surface area (Å²) in [6, 6.07) is 10.4. The number of hydrogen-bond donors (Lipinski definition) is 1. The third-order valence-electron chi connectivity index (χ3n) is 2.48. The molecule has 18 heavy (non-hydrogen) atoms. The predicted octanol–water partition coefficient (Wildman–Crippen LogP) is 3.26. The van der Waals surface area contributed by atoms with Gasteiger partial charge in [0.15, 0.2) is 11.6 Å². The molecule has 0 saturated carbocycles. The molecular formula is C14H13F2NO. The second-order valence-corrected chi connectivity index (χ2v) is 3.86. The minimum absolute atomic E-state index is 0.00275. The fraction of sp³-hybridized carbons (Fsp3) is 0.143. The van der Waals surface area contributed by atoms with Crippen LogP contribution in [-0.2, 0) is 6.42 Å². The van der Waals surface area contributed by atoms with Gasteiger partial charge in [-0.3, -0.25) is 0 Å². The molecule has 0 saturated heterocycles. The molecule has 0 aliphatic carbocycles. The smallest absolute Gasteiger partial charge is 0.168 e. The van der Waals surface area contributed by atoms with Gasteiger partial charge in [0.2, 0.25) is 0 Å². The summed E-state index contributed by atoms with van der Waals surface area (Å²) >= 11 is 0. The van der Waals surface area contributed by atoms with Gasteiger partial charge >= 0.3 is 0 Å². The largest absolute Gasteiger partial charge is 0.454 e. The van der Waals surface area contributed by atoms with Crippen LogP contribution >= 0.6 is 0 Å². The maximum atomic E-state index is 13.4. The third kappa shape index (κ3) is 3.05. The van der Waals surface area contributed by atoms with Crippen molar-refractivity contribution in [2.45, 2.75) is 6.42 Å². The van der Waals surface area contributed by atoms with Crippen LogP contribution in [0.25, 0.3) is 0 Å². The highest BCUT2D eigenvalue weighted by molar-refractivity contribution is 5.34.